The summed E-state index contributed by atoms with van der Waals surface area (Å²) in [6, 6.07) is 21.0. The number of amides is 1. The monoisotopic (exact) mass is 585 g/mol. The minimum absolute atomic E-state index is 0.0108. The van der Waals surface area contributed by atoms with E-state index in [0.29, 0.717) is 37.7 Å². The van der Waals surface area contributed by atoms with Crippen LogP contribution in [0.2, 0.25) is 0 Å². The maximum absolute atomic E-state index is 14.2. The number of aryl methyl sites for hydroxylation is 1. The van der Waals surface area contributed by atoms with Crippen LogP contribution in [0.15, 0.2) is 66.9 Å². The molecule has 2 aromatic carbocycles. The predicted molar refractivity (Wildman–Crippen MR) is 172 cm³/mol. The lowest BCUT2D eigenvalue weighted by atomic mass is 9.91. The van der Waals surface area contributed by atoms with Gasteiger partial charge < -0.3 is 24.5 Å². The van der Waals surface area contributed by atoms with Crippen LogP contribution < -0.4 is 9.64 Å². The molecule has 0 spiro atoms. The van der Waals surface area contributed by atoms with Gasteiger partial charge >= 0.3 is 0 Å². The second kappa shape index (κ2) is 15.3. The maximum atomic E-state index is 14.2. The molecule has 1 aromatic heterocycles. The molecule has 5 rings (SSSR count). The van der Waals surface area contributed by atoms with Crippen molar-refractivity contribution in [3.8, 4) is 5.75 Å². The zero-order valence-electron chi connectivity index (χ0n) is 25.8. The van der Waals surface area contributed by atoms with Crippen molar-refractivity contribution >= 4 is 11.7 Å². The highest BCUT2D eigenvalue weighted by Gasteiger charge is 2.26. The summed E-state index contributed by atoms with van der Waals surface area (Å²) in [6.07, 6.45) is 4.77. The van der Waals surface area contributed by atoms with E-state index in [-0.39, 0.29) is 12.5 Å². The number of nitrogens with zero attached hydrogens (tertiary/aromatic N) is 5. The average molecular weight is 586 g/mol. The Balaban J connectivity index is 1.37. The molecule has 1 N–H and O–H groups in total. The number of anilines is 1. The van der Waals surface area contributed by atoms with Crippen LogP contribution in [0.1, 0.15) is 52.2 Å². The summed E-state index contributed by atoms with van der Waals surface area (Å²) >= 11 is 0. The predicted octanol–water partition coefficient (Wildman–Crippen LogP) is 4.43. The van der Waals surface area contributed by atoms with Gasteiger partial charge in [-0.3, -0.25) is 9.69 Å². The molecule has 2 aliphatic rings. The smallest absolute Gasteiger partial charge is 0.257 e. The van der Waals surface area contributed by atoms with Gasteiger partial charge in [-0.2, -0.15) is 0 Å². The van der Waals surface area contributed by atoms with Gasteiger partial charge in [-0.1, -0.05) is 48.0 Å². The molecular formula is C35H47N5O3. The largest absolute Gasteiger partial charge is 0.491 e. The Bertz CT molecular complexity index is 1310. The molecule has 0 radical (unpaired) electrons. The molecule has 3 heterocycles. The summed E-state index contributed by atoms with van der Waals surface area (Å²) in [5.74, 6) is 2.09. The number of aliphatic hydroxyl groups is 1. The molecule has 0 aliphatic carbocycles. The molecule has 1 fully saturated rings. The Morgan fingerprint density at radius 2 is 1.77 bits per heavy atom. The van der Waals surface area contributed by atoms with Crippen LogP contribution in [0.5, 0.6) is 5.75 Å². The van der Waals surface area contributed by atoms with E-state index in [4.69, 9.17) is 4.74 Å². The van der Waals surface area contributed by atoms with E-state index >= 15 is 0 Å². The van der Waals surface area contributed by atoms with Crippen molar-refractivity contribution in [2.24, 2.45) is 0 Å². The number of hydrogen-bond donors (Lipinski definition) is 1. The maximum Gasteiger partial charge on any atom is 0.257 e. The number of hydrogen-bond acceptors (Lipinski definition) is 7. The SMILES string of the molecule is Cc1ccc2c(c1)CN(C)CCC(c1ccccc1)CCCN(C(=O)c1cccnc1N1CCN(CCO)CC1)CCO2. The Morgan fingerprint density at radius 1 is 0.953 bits per heavy atom. The number of fused-ring (bicyclic) bond motifs is 1. The Kier molecular flexibility index (Phi) is 11.0. The van der Waals surface area contributed by atoms with Crippen LogP contribution in [-0.4, -0.2) is 103 Å². The van der Waals surface area contributed by atoms with Crippen molar-refractivity contribution in [2.45, 2.75) is 38.6 Å². The molecular weight excluding hydrogens is 538 g/mol. The highest BCUT2D eigenvalue weighted by Crippen LogP contribution is 2.28. The molecule has 8 heteroatoms. The topological polar surface area (TPSA) is 72.4 Å². The molecule has 2 aliphatic heterocycles. The Labute approximate surface area is 256 Å². The average Bonchev–Trinajstić information content (AvgIpc) is 3.03. The molecule has 1 amide bonds. The van der Waals surface area contributed by atoms with Crippen molar-refractivity contribution in [3.05, 3.63) is 89.1 Å². The molecule has 3 aromatic rings. The lowest BCUT2D eigenvalue weighted by Gasteiger charge is -2.36. The van der Waals surface area contributed by atoms with Crippen molar-refractivity contribution < 1.29 is 14.6 Å². The first-order valence-electron chi connectivity index (χ1n) is 15.8. The zero-order valence-corrected chi connectivity index (χ0v) is 25.8. The first kappa shape index (κ1) is 31.0. The van der Waals surface area contributed by atoms with Gasteiger partial charge in [-0.25, -0.2) is 4.98 Å². The van der Waals surface area contributed by atoms with Gasteiger partial charge in [0.05, 0.1) is 18.7 Å². The highest BCUT2D eigenvalue weighted by atomic mass is 16.5. The number of β-amino-alcohol motifs (C(OH)–C–C–N with tert-alkyl or cyclic N) is 1. The molecule has 1 unspecified atom stereocenters. The number of ether oxygens (including phenoxy) is 1. The quantitative estimate of drug-likeness (QED) is 0.475. The summed E-state index contributed by atoms with van der Waals surface area (Å²) in [5.41, 5.74) is 4.42. The Morgan fingerprint density at radius 3 is 2.56 bits per heavy atom. The summed E-state index contributed by atoms with van der Waals surface area (Å²) in [7, 11) is 2.19. The lowest BCUT2D eigenvalue weighted by molar-refractivity contribution is 0.0724. The van der Waals surface area contributed by atoms with E-state index in [1.54, 1.807) is 6.20 Å². The number of carbonyl (C=O) groups is 1. The highest BCUT2D eigenvalue weighted by molar-refractivity contribution is 5.99. The molecule has 230 valence electrons. The van der Waals surface area contributed by atoms with Crippen molar-refractivity contribution in [3.63, 3.8) is 0 Å². The fourth-order valence-corrected chi connectivity index (χ4v) is 6.34. The second-order valence-electron chi connectivity index (χ2n) is 12.0. The minimum Gasteiger partial charge on any atom is -0.491 e. The number of rotatable bonds is 5. The molecule has 1 saturated heterocycles. The van der Waals surface area contributed by atoms with Crippen LogP contribution in [-0.2, 0) is 6.54 Å². The number of carbonyl (C=O) groups excluding carboxylic acids is 1. The molecule has 0 saturated carbocycles. The van der Waals surface area contributed by atoms with Crippen molar-refractivity contribution in [1.29, 1.82) is 0 Å². The summed E-state index contributed by atoms with van der Waals surface area (Å²) in [6.45, 7) is 9.64. The van der Waals surface area contributed by atoms with E-state index in [1.807, 2.05) is 17.0 Å². The van der Waals surface area contributed by atoms with Gasteiger partial charge in [0, 0.05) is 57.6 Å². The van der Waals surface area contributed by atoms with Gasteiger partial charge in [-0.15, -0.1) is 0 Å². The summed E-state index contributed by atoms with van der Waals surface area (Å²) in [4.78, 5) is 27.7. The van der Waals surface area contributed by atoms with Crippen LogP contribution in [0.4, 0.5) is 5.82 Å². The van der Waals surface area contributed by atoms with Crippen molar-refractivity contribution in [1.82, 2.24) is 19.7 Å². The number of aliphatic hydroxyl groups excluding tert-OH is 1. The first-order chi connectivity index (χ1) is 21.0. The standard InChI is InChI=1S/C35H47N5O3/c1-28-12-13-33-31(26-28)27-37(2)17-14-30(29-8-4-3-5-9-29)10-7-16-40(23-25-43-33)35(42)32-11-6-15-36-34(32)39-20-18-38(19-21-39)22-24-41/h3-6,8-9,11-13,15,26,30,41H,7,10,14,16-25,27H2,1-2H3. The van der Waals surface area contributed by atoms with E-state index in [2.05, 4.69) is 82.2 Å². The van der Waals surface area contributed by atoms with E-state index in [1.165, 1.54) is 16.7 Å². The van der Waals surface area contributed by atoms with Gasteiger partial charge in [0.2, 0.25) is 0 Å². The van der Waals surface area contributed by atoms with E-state index < -0.39 is 0 Å². The summed E-state index contributed by atoms with van der Waals surface area (Å²) < 4.78 is 6.35. The Hall–Kier alpha value is -3.46. The fraction of sp³-hybridized carbons (Fsp3) is 0.486. The lowest BCUT2D eigenvalue weighted by Crippen LogP contribution is -2.48. The third-order valence-corrected chi connectivity index (χ3v) is 8.78. The van der Waals surface area contributed by atoms with Crippen molar-refractivity contribution in [2.75, 3.05) is 77.5 Å². The van der Waals surface area contributed by atoms with Gasteiger partial charge in [0.15, 0.2) is 0 Å². The van der Waals surface area contributed by atoms with E-state index in [9.17, 15) is 9.90 Å². The third kappa shape index (κ3) is 8.34. The van der Waals surface area contributed by atoms with Crippen LogP contribution >= 0.6 is 0 Å². The molecule has 43 heavy (non-hydrogen) atoms. The van der Waals surface area contributed by atoms with E-state index in [0.717, 1.165) is 70.1 Å². The minimum atomic E-state index is 0.0108. The zero-order chi connectivity index (χ0) is 30.0. The van der Waals surface area contributed by atoms with Crippen LogP contribution in [0.3, 0.4) is 0 Å². The number of benzene rings is 2. The second-order valence-corrected chi connectivity index (χ2v) is 12.0. The molecule has 8 nitrogen and oxygen atoms in total. The summed E-state index contributed by atoms with van der Waals surface area (Å²) in [5, 5.41) is 9.33. The normalized spacial score (nSPS) is 19.7. The fourth-order valence-electron chi connectivity index (χ4n) is 6.34. The number of pyridine rings is 1. The molecule has 1 atom stereocenters. The van der Waals surface area contributed by atoms with Crippen LogP contribution in [0.25, 0.3) is 0 Å². The van der Waals surface area contributed by atoms with Gasteiger partial charge in [-0.05, 0) is 69.5 Å². The molecule has 0 bridgehead atoms. The van der Waals surface area contributed by atoms with Crippen LogP contribution in [0, 0.1) is 6.92 Å². The van der Waals surface area contributed by atoms with Gasteiger partial charge in [0.25, 0.3) is 5.91 Å². The number of aromatic nitrogens is 1. The van der Waals surface area contributed by atoms with Gasteiger partial charge in [0.1, 0.15) is 18.2 Å². The third-order valence-electron chi connectivity index (χ3n) is 8.78. The number of piperazine rings is 1. The first-order valence-corrected chi connectivity index (χ1v) is 15.8.